The average Bonchev–Trinajstić information content (AvgIpc) is 3.31. The third-order valence-electron chi connectivity index (χ3n) is 4.75. The SMILES string of the molecule is Cc1ccsc1C(CNC(=O)c1ccc(CN2CCCC2)o1)N(C)C. The summed E-state index contributed by atoms with van der Waals surface area (Å²) < 4.78 is 5.75. The van der Waals surface area contributed by atoms with Gasteiger partial charge in [0, 0.05) is 11.4 Å². The lowest BCUT2D eigenvalue weighted by atomic mass is 10.1. The summed E-state index contributed by atoms with van der Waals surface area (Å²) in [5.74, 6) is 1.12. The van der Waals surface area contributed by atoms with Crippen LogP contribution < -0.4 is 5.32 Å². The van der Waals surface area contributed by atoms with Crippen molar-refractivity contribution < 1.29 is 9.21 Å². The van der Waals surface area contributed by atoms with Crippen LogP contribution in [0, 0.1) is 6.92 Å². The molecule has 0 spiro atoms. The van der Waals surface area contributed by atoms with Crippen LogP contribution in [0.2, 0.25) is 0 Å². The number of thiophene rings is 1. The van der Waals surface area contributed by atoms with Crippen LogP contribution in [0.4, 0.5) is 0 Å². The Kier molecular flexibility index (Phi) is 5.93. The number of carbonyl (C=O) groups is 1. The van der Waals surface area contributed by atoms with E-state index in [0.717, 1.165) is 25.4 Å². The normalized spacial score (nSPS) is 16.5. The van der Waals surface area contributed by atoms with Crippen LogP contribution in [-0.2, 0) is 6.54 Å². The van der Waals surface area contributed by atoms with Crippen molar-refractivity contribution >= 4 is 17.2 Å². The number of nitrogens with zero attached hydrogens (tertiary/aromatic N) is 2. The molecule has 1 aliphatic rings. The predicted octanol–water partition coefficient (Wildman–Crippen LogP) is 3.28. The van der Waals surface area contributed by atoms with Crippen molar-refractivity contribution in [1.29, 1.82) is 0 Å². The first kappa shape index (κ1) is 18.2. The number of hydrogen-bond donors (Lipinski definition) is 1. The lowest BCUT2D eigenvalue weighted by molar-refractivity contribution is 0.0911. The molecular weight excluding hydrogens is 334 g/mol. The summed E-state index contributed by atoms with van der Waals surface area (Å²) in [6.45, 7) is 5.71. The van der Waals surface area contributed by atoms with Gasteiger partial charge >= 0.3 is 0 Å². The summed E-state index contributed by atoms with van der Waals surface area (Å²) in [5.41, 5.74) is 1.27. The highest BCUT2D eigenvalue weighted by Gasteiger charge is 2.20. The van der Waals surface area contributed by atoms with Gasteiger partial charge in [-0.25, -0.2) is 0 Å². The number of aryl methyl sites for hydroxylation is 1. The van der Waals surface area contributed by atoms with E-state index in [2.05, 4.69) is 33.5 Å². The molecule has 1 unspecified atom stereocenters. The Bertz CT molecular complexity index is 701. The molecule has 1 aliphatic heterocycles. The summed E-state index contributed by atoms with van der Waals surface area (Å²) in [6.07, 6.45) is 2.50. The van der Waals surface area contributed by atoms with Gasteiger partial charge in [-0.05, 0) is 76.1 Å². The van der Waals surface area contributed by atoms with Crippen molar-refractivity contribution in [3.05, 3.63) is 45.5 Å². The van der Waals surface area contributed by atoms with Gasteiger partial charge in [-0.15, -0.1) is 11.3 Å². The van der Waals surface area contributed by atoms with E-state index >= 15 is 0 Å². The second kappa shape index (κ2) is 8.17. The number of rotatable bonds is 7. The highest BCUT2D eigenvalue weighted by molar-refractivity contribution is 7.10. The van der Waals surface area contributed by atoms with Gasteiger partial charge in [0.25, 0.3) is 5.91 Å². The zero-order valence-electron chi connectivity index (χ0n) is 15.2. The summed E-state index contributed by atoms with van der Waals surface area (Å²) in [7, 11) is 4.08. The minimum atomic E-state index is -0.145. The second-order valence-corrected chi connectivity index (χ2v) is 7.85. The maximum absolute atomic E-state index is 12.4. The quantitative estimate of drug-likeness (QED) is 0.822. The van der Waals surface area contributed by atoms with Gasteiger partial charge in [0.1, 0.15) is 5.76 Å². The molecule has 0 bridgehead atoms. The molecule has 2 aromatic heterocycles. The van der Waals surface area contributed by atoms with Gasteiger partial charge in [-0.2, -0.15) is 0 Å². The molecule has 136 valence electrons. The number of likely N-dealkylation sites (N-methyl/N-ethyl adjacent to an activating group) is 1. The third-order valence-corrected chi connectivity index (χ3v) is 5.87. The molecule has 1 fully saturated rings. The van der Waals surface area contributed by atoms with Crippen molar-refractivity contribution in [1.82, 2.24) is 15.1 Å². The van der Waals surface area contributed by atoms with Crippen molar-refractivity contribution in [2.75, 3.05) is 33.7 Å². The van der Waals surface area contributed by atoms with E-state index in [1.165, 1.54) is 23.3 Å². The van der Waals surface area contributed by atoms with Crippen LogP contribution in [0.25, 0.3) is 0 Å². The fourth-order valence-corrected chi connectivity index (χ4v) is 4.38. The summed E-state index contributed by atoms with van der Waals surface area (Å²) in [6, 6.07) is 5.99. The number of amides is 1. The fourth-order valence-electron chi connectivity index (χ4n) is 3.26. The zero-order valence-corrected chi connectivity index (χ0v) is 16.1. The van der Waals surface area contributed by atoms with Crippen LogP contribution in [0.3, 0.4) is 0 Å². The highest BCUT2D eigenvalue weighted by atomic mass is 32.1. The van der Waals surface area contributed by atoms with Crippen molar-refractivity contribution in [2.45, 2.75) is 32.4 Å². The maximum atomic E-state index is 12.4. The average molecular weight is 362 g/mol. The lowest BCUT2D eigenvalue weighted by Gasteiger charge is -2.24. The molecule has 5 nitrogen and oxygen atoms in total. The zero-order chi connectivity index (χ0) is 17.8. The lowest BCUT2D eigenvalue weighted by Crippen LogP contribution is -2.34. The predicted molar refractivity (Wildman–Crippen MR) is 101 cm³/mol. The largest absolute Gasteiger partial charge is 0.455 e. The first-order chi connectivity index (χ1) is 12.0. The molecule has 1 saturated heterocycles. The third kappa shape index (κ3) is 4.51. The molecule has 3 rings (SSSR count). The van der Waals surface area contributed by atoms with Crippen LogP contribution in [-0.4, -0.2) is 49.4 Å². The van der Waals surface area contributed by atoms with E-state index in [1.807, 2.05) is 20.2 Å². The molecule has 25 heavy (non-hydrogen) atoms. The highest BCUT2D eigenvalue weighted by Crippen LogP contribution is 2.26. The summed E-state index contributed by atoms with van der Waals surface area (Å²) in [4.78, 5) is 18.2. The van der Waals surface area contributed by atoms with Crippen LogP contribution in [0.15, 0.2) is 28.0 Å². The minimum Gasteiger partial charge on any atom is -0.455 e. The maximum Gasteiger partial charge on any atom is 0.287 e. The van der Waals surface area contributed by atoms with Crippen LogP contribution in [0.1, 0.15) is 45.6 Å². The van der Waals surface area contributed by atoms with Gasteiger partial charge in [-0.3, -0.25) is 9.69 Å². The molecule has 3 heterocycles. The topological polar surface area (TPSA) is 48.7 Å². The van der Waals surface area contributed by atoms with Gasteiger partial charge in [0.15, 0.2) is 5.76 Å². The molecule has 1 atom stereocenters. The molecule has 0 aliphatic carbocycles. The van der Waals surface area contributed by atoms with E-state index in [9.17, 15) is 4.79 Å². The van der Waals surface area contributed by atoms with Crippen molar-refractivity contribution in [2.24, 2.45) is 0 Å². The van der Waals surface area contributed by atoms with Gasteiger partial charge < -0.3 is 14.6 Å². The number of furan rings is 1. The Morgan fingerprint density at radius 2 is 2.08 bits per heavy atom. The Balaban J connectivity index is 1.58. The number of carbonyl (C=O) groups excluding carboxylic acids is 1. The van der Waals surface area contributed by atoms with E-state index in [4.69, 9.17) is 4.42 Å². The first-order valence-electron chi connectivity index (χ1n) is 8.84. The first-order valence-corrected chi connectivity index (χ1v) is 9.72. The number of hydrogen-bond acceptors (Lipinski definition) is 5. The molecule has 0 radical (unpaired) electrons. The Morgan fingerprint density at radius 1 is 1.32 bits per heavy atom. The monoisotopic (exact) mass is 361 g/mol. The van der Waals surface area contributed by atoms with Crippen molar-refractivity contribution in [3.8, 4) is 0 Å². The molecule has 0 saturated carbocycles. The molecule has 1 amide bonds. The van der Waals surface area contributed by atoms with Crippen LogP contribution in [0.5, 0.6) is 0 Å². The van der Waals surface area contributed by atoms with Gasteiger partial charge in [0.2, 0.25) is 0 Å². The molecular formula is C19H27N3O2S. The van der Waals surface area contributed by atoms with E-state index < -0.39 is 0 Å². The van der Waals surface area contributed by atoms with Crippen LogP contribution >= 0.6 is 11.3 Å². The minimum absolute atomic E-state index is 0.145. The second-order valence-electron chi connectivity index (χ2n) is 6.91. The number of nitrogens with one attached hydrogen (secondary N) is 1. The van der Waals surface area contributed by atoms with Crippen molar-refractivity contribution in [3.63, 3.8) is 0 Å². The Hall–Kier alpha value is -1.63. The Labute approximate surface area is 153 Å². The summed E-state index contributed by atoms with van der Waals surface area (Å²) in [5, 5.41) is 5.12. The number of likely N-dealkylation sites (tertiary alicyclic amines) is 1. The molecule has 6 heteroatoms. The van der Waals surface area contributed by atoms with Gasteiger partial charge in [-0.1, -0.05) is 0 Å². The Morgan fingerprint density at radius 3 is 2.72 bits per heavy atom. The molecule has 0 aromatic carbocycles. The fraction of sp³-hybridized carbons (Fsp3) is 0.526. The standard InChI is InChI=1S/C19H27N3O2S/c1-14-8-11-25-18(14)16(21(2)3)12-20-19(23)17-7-6-15(24-17)13-22-9-4-5-10-22/h6-8,11,16H,4-5,9-10,12-13H2,1-3H3,(H,20,23). The smallest absolute Gasteiger partial charge is 0.287 e. The van der Waals surface area contributed by atoms with E-state index in [-0.39, 0.29) is 11.9 Å². The van der Waals surface area contributed by atoms with E-state index in [0.29, 0.717) is 12.3 Å². The summed E-state index contributed by atoms with van der Waals surface area (Å²) >= 11 is 1.73. The molecule has 2 aromatic rings. The van der Waals surface area contributed by atoms with Gasteiger partial charge in [0.05, 0.1) is 12.6 Å². The molecule has 1 N–H and O–H groups in total. The van der Waals surface area contributed by atoms with E-state index in [1.54, 1.807) is 17.4 Å².